The summed E-state index contributed by atoms with van der Waals surface area (Å²) in [5.41, 5.74) is 17.7. The Morgan fingerprint density at radius 2 is 1.18 bits per heavy atom. The number of hydrogen-bond acceptors (Lipinski definition) is 9. The number of aliphatic carboxylic acids is 2. The number of phenolic OH excluding ortho intramolecular Hbond substituents is 2. The van der Waals surface area contributed by atoms with Crippen molar-refractivity contribution in [1.82, 2.24) is 16.0 Å². The lowest BCUT2D eigenvalue weighted by Crippen LogP contribution is -2.57. The standard InChI is InChI=1S/C28H37N7O9/c29-19(12-15-3-7-17(36)8-4-15)24(40)34-21(14-23(38)39)26(42)33-20(2-1-11-32-28(30)31)25(41)35-22(27(43)44)13-16-5-9-18(37)10-6-16/h3-10,19-22,36-37H,1-2,11-14,29H2,(H,33,42)(H,34,40)(H,35,41)(H,38,39)(H,43,44)(H4,30,31,32). The average Bonchev–Trinajstić information content (AvgIpc) is 2.95. The number of hydrogen-bond donors (Lipinski definition) is 10. The minimum Gasteiger partial charge on any atom is -0.508 e. The average molecular weight is 616 g/mol. The fraction of sp³-hybridized carbons (Fsp3) is 0.357. The van der Waals surface area contributed by atoms with Crippen molar-refractivity contribution in [1.29, 1.82) is 0 Å². The van der Waals surface area contributed by atoms with Gasteiger partial charge in [0.25, 0.3) is 0 Å². The highest BCUT2D eigenvalue weighted by Gasteiger charge is 2.31. The maximum Gasteiger partial charge on any atom is 0.326 e. The molecular weight excluding hydrogens is 578 g/mol. The molecule has 0 saturated carbocycles. The van der Waals surface area contributed by atoms with Gasteiger partial charge in [0.05, 0.1) is 12.5 Å². The maximum atomic E-state index is 13.2. The van der Waals surface area contributed by atoms with E-state index < -0.39 is 60.2 Å². The van der Waals surface area contributed by atoms with Crippen molar-refractivity contribution in [3.63, 3.8) is 0 Å². The molecule has 0 bridgehead atoms. The Morgan fingerprint density at radius 1 is 0.705 bits per heavy atom. The number of carboxylic acids is 2. The van der Waals surface area contributed by atoms with E-state index in [0.717, 1.165) is 0 Å². The second-order valence-electron chi connectivity index (χ2n) is 9.92. The van der Waals surface area contributed by atoms with Crippen LogP contribution in [0.2, 0.25) is 0 Å². The van der Waals surface area contributed by atoms with Gasteiger partial charge in [-0.1, -0.05) is 24.3 Å². The number of aliphatic imine (C=N–C) groups is 1. The fourth-order valence-electron chi connectivity index (χ4n) is 4.03. The minimum atomic E-state index is -1.63. The van der Waals surface area contributed by atoms with E-state index in [0.29, 0.717) is 11.1 Å². The Morgan fingerprint density at radius 3 is 1.68 bits per heavy atom. The van der Waals surface area contributed by atoms with Gasteiger partial charge in [0, 0.05) is 13.0 Å². The molecule has 2 aromatic carbocycles. The Balaban J connectivity index is 2.18. The number of phenols is 2. The predicted octanol–water partition coefficient (Wildman–Crippen LogP) is -1.72. The lowest BCUT2D eigenvalue weighted by Gasteiger charge is -2.25. The van der Waals surface area contributed by atoms with Gasteiger partial charge < -0.3 is 53.6 Å². The first-order chi connectivity index (χ1) is 20.7. The molecule has 16 heteroatoms. The molecule has 44 heavy (non-hydrogen) atoms. The van der Waals surface area contributed by atoms with Gasteiger partial charge >= 0.3 is 11.9 Å². The lowest BCUT2D eigenvalue weighted by molar-refractivity contribution is -0.143. The van der Waals surface area contributed by atoms with Gasteiger partial charge in [-0.2, -0.15) is 0 Å². The molecular formula is C28H37N7O9. The third-order valence-electron chi connectivity index (χ3n) is 6.31. The highest BCUT2D eigenvalue weighted by molar-refractivity contribution is 5.95. The molecule has 0 aliphatic rings. The summed E-state index contributed by atoms with van der Waals surface area (Å²) in [7, 11) is 0. The molecule has 2 rings (SSSR count). The molecule has 0 radical (unpaired) electrons. The van der Waals surface area contributed by atoms with Gasteiger partial charge in [0.1, 0.15) is 29.6 Å². The van der Waals surface area contributed by atoms with Gasteiger partial charge in [-0.05, 0) is 54.7 Å². The number of carbonyl (C=O) groups excluding carboxylic acids is 3. The van der Waals surface area contributed by atoms with E-state index in [4.69, 9.17) is 17.2 Å². The molecule has 2 aromatic rings. The van der Waals surface area contributed by atoms with E-state index in [9.17, 15) is 44.4 Å². The normalized spacial score (nSPS) is 13.4. The Kier molecular flexibility index (Phi) is 13.4. The molecule has 4 unspecified atom stereocenters. The summed E-state index contributed by atoms with van der Waals surface area (Å²) in [6.07, 6.45) is -0.883. The number of benzene rings is 2. The van der Waals surface area contributed by atoms with Crippen LogP contribution < -0.4 is 33.2 Å². The zero-order valence-electron chi connectivity index (χ0n) is 23.7. The first-order valence-corrected chi connectivity index (χ1v) is 13.5. The van der Waals surface area contributed by atoms with Gasteiger partial charge in [0.15, 0.2) is 5.96 Å². The molecule has 13 N–H and O–H groups in total. The quantitative estimate of drug-likeness (QED) is 0.0540. The van der Waals surface area contributed by atoms with E-state index in [1.165, 1.54) is 36.4 Å². The summed E-state index contributed by atoms with van der Waals surface area (Å²) in [5, 5.41) is 45.0. The number of nitrogens with zero attached hydrogens (tertiary/aromatic N) is 1. The smallest absolute Gasteiger partial charge is 0.326 e. The van der Waals surface area contributed by atoms with Gasteiger partial charge in [-0.3, -0.25) is 24.2 Å². The van der Waals surface area contributed by atoms with Gasteiger partial charge in [-0.25, -0.2) is 4.79 Å². The zero-order valence-corrected chi connectivity index (χ0v) is 23.7. The van der Waals surface area contributed by atoms with Gasteiger partial charge in [0.2, 0.25) is 17.7 Å². The predicted molar refractivity (Wildman–Crippen MR) is 157 cm³/mol. The molecule has 0 aromatic heterocycles. The minimum absolute atomic E-state index is 0.0110. The van der Waals surface area contributed by atoms with Crippen LogP contribution in [0.15, 0.2) is 53.5 Å². The summed E-state index contributed by atoms with van der Waals surface area (Å²) in [4.78, 5) is 66.4. The van der Waals surface area contributed by atoms with Crippen molar-refractivity contribution in [2.75, 3.05) is 6.54 Å². The number of carboxylic acid groups (broad SMARTS) is 2. The molecule has 4 atom stereocenters. The van der Waals surface area contributed by atoms with Crippen LogP contribution in [0.25, 0.3) is 0 Å². The summed E-state index contributed by atoms with van der Waals surface area (Å²) in [6, 6.07) is 5.97. The van der Waals surface area contributed by atoms with Gasteiger partial charge in [-0.15, -0.1) is 0 Å². The summed E-state index contributed by atoms with van der Waals surface area (Å²) in [6.45, 7) is 0.0687. The number of carbonyl (C=O) groups is 5. The molecule has 0 saturated heterocycles. The fourth-order valence-corrected chi connectivity index (χ4v) is 4.03. The monoisotopic (exact) mass is 615 g/mol. The van der Waals surface area contributed by atoms with Crippen molar-refractivity contribution in [3.8, 4) is 11.5 Å². The van der Waals surface area contributed by atoms with Crippen molar-refractivity contribution in [2.45, 2.75) is 56.3 Å². The van der Waals surface area contributed by atoms with Crippen LogP contribution in [0, 0.1) is 0 Å². The van der Waals surface area contributed by atoms with Crippen molar-refractivity contribution in [3.05, 3.63) is 59.7 Å². The van der Waals surface area contributed by atoms with Crippen LogP contribution in [0.1, 0.15) is 30.4 Å². The highest BCUT2D eigenvalue weighted by atomic mass is 16.4. The van der Waals surface area contributed by atoms with Crippen LogP contribution in [-0.4, -0.2) is 86.8 Å². The van der Waals surface area contributed by atoms with Crippen molar-refractivity contribution < 1.29 is 44.4 Å². The third-order valence-corrected chi connectivity index (χ3v) is 6.31. The second kappa shape index (κ2) is 16.9. The van der Waals surface area contributed by atoms with Crippen LogP contribution in [-0.2, 0) is 36.8 Å². The number of nitrogens with one attached hydrogen (secondary N) is 3. The zero-order chi connectivity index (χ0) is 32.8. The molecule has 0 aliphatic heterocycles. The van der Waals surface area contributed by atoms with Crippen molar-refractivity contribution in [2.24, 2.45) is 22.2 Å². The lowest BCUT2D eigenvalue weighted by atomic mass is 10.0. The van der Waals surface area contributed by atoms with Crippen LogP contribution in [0.3, 0.4) is 0 Å². The topological polar surface area (TPSA) is 293 Å². The van der Waals surface area contributed by atoms with E-state index >= 15 is 0 Å². The van der Waals surface area contributed by atoms with E-state index in [2.05, 4.69) is 20.9 Å². The number of guanidine groups is 1. The maximum absolute atomic E-state index is 13.2. The summed E-state index contributed by atoms with van der Waals surface area (Å²) in [5.74, 6) is -5.77. The molecule has 0 fully saturated rings. The third kappa shape index (κ3) is 12.2. The SMILES string of the molecule is NC(N)=NCCCC(NC(=O)C(CC(=O)O)NC(=O)C(N)Cc1ccc(O)cc1)C(=O)NC(Cc1ccc(O)cc1)C(=O)O. The van der Waals surface area contributed by atoms with E-state index in [1.807, 2.05) is 0 Å². The molecule has 238 valence electrons. The highest BCUT2D eigenvalue weighted by Crippen LogP contribution is 2.13. The second-order valence-corrected chi connectivity index (χ2v) is 9.92. The number of aromatic hydroxyl groups is 2. The van der Waals surface area contributed by atoms with E-state index in [1.54, 1.807) is 12.1 Å². The van der Waals surface area contributed by atoms with Crippen LogP contribution in [0.4, 0.5) is 0 Å². The number of nitrogens with two attached hydrogens (primary N) is 3. The Hall–Kier alpha value is -5.38. The molecule has 0 aliphatic carbocycles. The first-order valence-electron chi connectivity index (χ1n) is 13.5. The summed E-state index contributed by atoms with van der Waals surface area (Å²) >= 11 is 0. The molecule has 0 spiro atoms. The van der Waals surface area contributed by atoms with Crippen molar-refractivity contribution >= 4 is 35.6 Å². The van der Waals surface area contributed by atoms with Crippen LogP contribution in [0.5, 0.6) is 11.5 Å². The first kappa shape index (κ1) is 34.8. The largest absolute Gasteiger partial charge is 0.508 e. The van der Waals surface area contributed by atoms with E-state index in [-0.39, 0.29) is 49.7 Å². The Labute approximate surface area is 252 Å². The molecule has 0 heterocycles. The molecule has 16 nitrogen and oxygen atoms in total. The van der Waals surface area contributed by atoms with Crippen LogP contribution >= 0.6 is 0 Å². The number of amides is 3. The molecule has 3 amide bonds. The Bertz CT molecular complexity index is 1330. The number of rotatable bonds is 17. The summed E-state index contributed by atoms with van der Waals surface area (Å²) < 4.78 is 0.